The zero-order valence-electron chi connectivity index (χ0n) is 9.07. The van der Waals surface area contributed by atoms with Crippen molar-refractivity contribution >= 4 is 0 Å². The third kappa shape index (κ3) is 3.46. The van der Waals surface area contributed by atoms with Crippen molar-refractivity contribution in [3.8, 4) is 0 Å². The van der Waals surface area contributed by atoms with Gasteiger partial charge >= 0.3 is 0 Å². The normalized spacial score (nSPS) is 10.7. The molecular weight excluding hydrogens is 178 g/mol. The summed E-state index contributed by atoms with van der Waals surface area (Å²) in [4.78, 5) is 0. The van der Waals surface area contributed by atoms with E-state index in [2.05, 4.69) is 17.2 Å². The maximum atomic E-state index is 5.03. The first kappa shape index (κ1) is 11.2. The predicted octanol–water partition coefficient (Wildman–Crippen LogP) is 1.66. The molecule has 1 heterocycles. The number of rotatable bonds is 7. The fraction of sp³-hybridized carbons (Fsp3) is 0.800. The van der Waals surface area contributed by atoms with Gasteiger partial charge in [0.1, 0.15) is 0 Å². The first-order chi connectivity index (χ1) is 6.88. The molecule has 0 radical (unpaired) electrons. The molecule has 4 nitrogen and oxygen atoms in total. The summed E-state index contributed by atoms with van der Waals surface area (Å²) >= 11 is 0. The molecule has 14 heavy (non-hydrogen) atoms. The summed E-state index contributed by atoms with van der Waals surface area (Å²) in [6.07, 6.45) is 6.39. The van der Waals surface area contributed by atoms with Crippen LogP contribution in [-0.2, 0) is 17.7 Å². The van der Waals surface area contributed by atoms with Crippen molar-refractivity contribution in [3.05, 3.63) is 11.9 Å². The second-order valence-corrected chi connectivity index (χ2v) is 3.40. The van der Waals surface area contributed by atoms with Gasteiger partial charge in [-0.2, -0.15) is 0 Å². The van der Waals surface area contributed by atoms with Gasteiger partial charge in [-0.3, -0.25) is 0 Å². The van der Waals surface area contributed by atoms with E-state index in [0.717, 1.165) is 19.6 Å². The molecule has 0 atom stereocenters. The van der Waals surface area contributed by atoms with Gasteiger partial charge in [-0.15, -0.1) is 5.10 Å². The quantitative estimate of drug-likeness (QED) is 0.624. The Morgan fingerprint density at radius 2 is 2.29 bits per heavy atom. The lowest BCUT2D eigenvalue weighted by atomic mass is 10.2. The van der Waals surface area contributed by atoms with E-state index in [4.69, 9.17) is 4.74 Å². The van der Waals surface area contributed by atoms with Crippen LogP contribution in [0, 0.1) is 0 Å². The van der Waals surface area contributed by atoms with Crippen LogP contribution in [0.5, 0.6) is 0 Å². The lowest BCUT2D eigenvalue weighted by molar-refractivity contribution is 0.200. The summed E-state index contributed by atoms with van der Waals surface area (Å²) in [6, 6.07) is 0. The fourth-order valence-electron chi connectivity index (χ4n) is 1.38. The molecule has 0 aliphatic carbocycles. The minimum atomic E-state index is 0.737. The van der Waals surface area contributed by atoms with Gasteiger partial charge in [0.15, 0.2) is 0 Å². The number of unbranched alkanes of at least 4 members (excludes halogenated alkanes) is 2. The van der Waals surface area contributed by atoms with Crippen LogP contribution in [0.4, 0.5) is 0 Å². The van der Waals surface area contributed by atoms with Gasteiger partial charge in [0, 0.05) is 20.1 Å². The summed E-state index contributed by atoms with van der Waals surface area (Å²) in [5.41, 5.74) is 1.17. The molecule has 80 valence electrons. The summed E-state index contributed by atoms with van der Waals surface area (Å²) in [5, 5.41) is 7.96. The maximum absolute atomic E-state index is 5.03. The molecule has 1 rings (SSSR count). The molecule has 1 aromatic rings. The third-order valence-corrected chi connectivity index (χ3v) is 2.23. The molecule has 0 fully saturated rings. The van der Waals surface area contributed by atoms with E-state index in [0.29, 0.717) is 0 Å². The van der Waals surface area contributed by atoms with E-state index in [1.54, 1.807) is 7.11 Å². The molecule has 0 spiro atoms. The lowest BCUT2D eigenvalue weighted by Gasteiger charge is -2.04. The summed E-state index contributed by atoms with van der Waals surface area (Å²) in [7, 11) is 1.71. The number of aromatic nitrogens is 3. The second-order valence-electron chi connectivity index (χ2n) is 3.40. The zero-order chi connectivity index (χ0) is 10.2. The number of nitrogens with zero attached hydrogens (tertiary/aromatic N) is 3. The van der Waals surface area contributed by atoms with E-state index in [1.807, 2.05) is 10.9 Å². The van der Waals surface area contributed by atoms with Crippen molar-refractivity contribution in [1.29, 1.82) is 0 Å². The Kier molecular flexibility index (Phi) is 5.22. The largest absolute Gasteiger partial charge is 0.384 e. The SMILES string of the molecule is CCCCCn1nncc1CCOC. The van der Waals surface area contributed by atoms with E-state index in [-0.39, 0.29) is 0 Å². The molecule has 0 bridgehead atoms. The van der Waals surface area contributed by atoms with Gasteiger partial charge in [0.05, 0.1) is 18.5 Å². The number of aryl methyl sites for hydroxylation is 1. The molecule has 4 heteroatoms. The van der Waals surface area contributed by atoms with Gasteiger partial charge in [-0.1, -0.05) is 25.0 Å². The van der Waals surface area contributed by atoms with Crippen LogP contribution in [0.25, 0.3) is 0 Å². The Hall–Kier alpha value is -0.900. The van der Waals surface area contributed by atoms with Crippen molar-refractivity contribution < 1.29 is 4.74 Å². The average Bonchev–Trinajstić information content (AvgIpc) is 2.63. The number of hydrogen-bond acceptors (Lipinski definition) is 3. The van der Waals surface area contributed by atoms with E-state index < -0.39 is 0 Å². The molecule has 0 aliphatic heterocycles. The van der Waals surface area contributed by atoms with Crippen molar-refractivity contribution in [1.82, 2.24) is 15.0 Å². The van der Waals surface area contributed by atoms with Gasteiger partial charge in [-0.05, 0) is 6.42 Å². The minimum Gasteiger partial charge on any atom is -0.384 e. The van der Waals surface area contributed by atoms with Crippen molar-refractivity contribution in [3.63, 3.8) is 0 Å². The maximum Gasteiger partial charge on any atom is 0.0726 e. The highest BCUT2D eigenvalue weighted by Gasteiger charge is 2.02. The van der Waals surface area contributed by atoms with E-state index >= 15 is 0 Å². The van der Waals surface area contributed by atoms with Crippen LogP contribution in [0.1, 0.15) is 31.9 Å². The average molecular weight is 197 g/mol. The topological polar surface area (TPSA) is 39.9 Å². The molecule has 0 N–H and O–H groups in total. The van der Waals surface area contributed by atoms with Crippen LogP contribution in [0.2, 0.25) is 0 Å². The summed E-state index contributed by atoms with van der Waals surface area (Å²) in [6.45, 7) is 3.92. The van der Waals surface area contributed by atoms with Crippen LogP contribution in [0.3, 0.4) is 0 Å². The van der Waals surface area contributed by atoms with Crippen molar-refractivity contribution in [2.75, 3.05) is 13.7 Å². The first-order valence-electron chi connectivity index (χ1n) is 5.24. The Labute approximate surface area is 85.3 Å². The standard InChI is InChI=1S/C10H19N3O/c1-3-4-5-7-13-10(6-8-14-2)9-11-12-13/h9H,3-8H2,1-2H3. The molecule has 0 aliphatic rings. The molecule has 0 aromatic carbocycles. The first-order valence-corrected chi connectivity index (χ1v) is 5.24. The van der Waals surface area contributed by atoms with Gasteiger partial charge < -0.3 is 4.74 Å². The fourth-order valence-corrected chi connectivity index (χ4v) is 1.38. The van der Waals surface area contributed by atoms with E-state index in [1.165, 1.54) is 25.0 Å². The van der Waals surface area contributed by atoms with Crippen molar-refractivity contribution in [2.24, 2.45) is 0 Å². The molecular formula is C10H19N3O. The smallest absolute Gasteiger partial charge is 0.0726 e. The summed E-state index contributed by atoms with van der Waals surface area (Å²) < 4.78 is 7.01. The zero-order valence-corrected chi connectivity index (χ0v) is 9.07. The summed E-state index contributed by atoms with van der Waals surface area (Å²) in [5.74, 6) is 0. The molecule has 0 saturated heterocycles. The monoisotopic (exact) mass is 197 g/mol. The Morgan fingerprint density at radius 3 is 3.00 bits per heavy atom. The van der Waals surface area contributed by atoms with Crippen LogP contribution in [0.15, 0.2) is 6.20 Å². The molecule has 1 aromatic heterocycles. The Bertz CT molecular complexity index is 247. The van der Waals surface area contributed by atoms with E-state index in [9.17, 15) is 0 Å². The molecule has 0 amide bonds. The molecule has 0 saturated carbocycles. The van der Waals surface area contributed by atoms with Gasteiger partial charge in [0.2, 0.25) is 0 Å². The minimum absolute atomic E-state index is 0.737. The van der Waals surface area contributed by atoms with Crippen LogP contribution >= 0.6 is 0 Å². The van der Waals surface area contributed by atoms with Crippen LogP contribution in [-0.4, -0.2) is 28.7 Å². The highest BCUT2D eigenvalue weighted by atomic mass is 16.5. The Morgan fingerprint density at radius 1 is 1.43 bits per heavy atom. The van der Waals surface area contributed by atoms with Crippen LogP contribution < -0.4 is 0 Å². The molecule has 0 unspecified atom stereocenters. The van der Waals surface area contributed by atoms with Crippen molar-refractivity contribution in [2.45, 2.75) is 39.2 Å². The number of methoxy groups -OCH3 is 1. The second kappa shape index (κ2) is 6.54. The highest BCUT2D eigenvalue weighted by molar-refractivity contribution is 4.93. The predicted molar refractivity (Wildman–Crippen MR) is 55.1 cm³/mol. The van der Waals surface area contributed by atoms with Gasteiger partial charge in [-0.25, -0.2) is 4.68 Å². The number of ether oxygens (including phenoxy) is 1. The Balaban J connectivity index is 2.37. The highest BCUT2D eigenvalue weighted by Crippen LogP contribution is 2.02. The van der Waals surface area contributed by atoms with Gasteiger partial charge in [0.25, 0.3) is 0 Å². The lowest BCUT2D eigenvalue weighted by Crippen LogP contribution is -2.07. The third-order valence-electron chi connectivity index (χ3n) is 2.23. The number of hydrogen-bond donors (Lipinski definition) is 0.